The molecule has 1 aromatic carbocycles. The average Bonchev–Trinajstić information content (AvgIpc) is 3.60. The highest BCUT2D eigenvalue weighted by atomic mass is 19.3. The number of fused-ring (bicyclic) bond motifs is 1. The number of halogens is 3. The number of morpholine rings is 1. The van der Waals surface area contributed by atoms with E-state index in [1.807, 2.05) is 6.07 Å². The van der Waals surface area contributed by atoms with Gasteiger partial charge in [-0.05, 0) is 38.8 Å². The van der Waals surface area contributed by atoms with Crippen molar-refractivity contribution in [1.29, 1.82) is 0 Å². The highest BCUT2D eigenvalue weighted by Gasteiger charge is 2.63. The highest BCUT2D eigenvalue weighted by molar-refractivity contribution is 5.92. The number of aliphatic hydroxyl groups is 1. The van der Waals surface area contributed by atoms with Gasteiger partial charge >= 0.3 is 5.92 Å². The SMILES string of the molecule is Cc1nnc(N[C@H](C)c2cccc(C(F)(F)C3(O)CC3)c2F)c2cc(N3CCOCC3)cnc12. The molecule has 0 bridgehead atoms. The quantitative estimate of drug-likeness (QED) is 0.558. The molecule has 5 rings (SSSR count). The minimum absolute atomic E-state index is 0.0502. The molecular formula is C24H26F3N5O2. The number of nitrogens with zero attached hydrogens (tertiary/aromatic N) is 4. The van der Waals surface area contributed by atoms with Crippen LogP contribution in [0.5, 0.6) is 0 Å². The third-order valence-corrected chi connectivity index (χ3v) is 6.64. The van der Waals surface area contributed by atoms with E-state index >= 15 is 4.39 Å². The molecule has 1 aliphatic carbocycles. The largest absolute Gasteiger partial charge is 0.383 e. The first-order valence-electron chi connectivity index (χ1n) is 11.3. The van der Waals surface area contributed by atoms with Gasteiger partial charge in [-0.25, -0.2) is 4.39 Å². The van der Waals surface area contributed by atoms with Crippen molar-refractivity contribution in [2.24, 2.45) is 0 Å². The number of hydrogen-bond donors (Lipinski definition) is 2. The zero-order chi connectivity index (χ0) is 24.1. The van der Waals surface area contributed by atoms with Gasteiger partial charge in [0.25, 0.3) is 0 Å². The topological polar surface area (TPSA) is 83.4 Å². The van der Waals surface area contributed by atoms with Crippen molar-refractivity contribution in [2.75, 3.05) is 36.5 Å². The predicted molar refractivity (Wildman–Crippen MR) is 122 cm³/mol. The summed E-state index contributed by atoms with van der Waals surface area (Å²) in [7, 11) is 0. The van der Waals surface area contributed by atoms with E-state index in [-0.39, 0.29) is 18.4 Å². The van der Waals surface area contributed by atoms with Gasteiger partial charge in [0.05, 0.1) is 47.9 Å². The Kier molecular flexibility index (Phi) is 5.60. The summed E-state index contributed by atoms with van der Waals surface area (Å²) in [6.45, 7) is 6.20. The smallest absolute Gasteiger partial charge is 0.304 e. The Balaban J connectivity index is 1.48. The molecule has 2 aromatic heterocycles. The maximum atomic E-state index is 15.3. The van der Waals surface area contributed by atoms with Gasteiger partial charge in [0.2, 0.25) is 0 Å². The maximum absolute atomic E-state index is 15.3. The third kappa shape index (κ3) is 3.84. The molecule has 7 nitrogen and oxygen atoms in total. The van der Waals surface area contributed by atoms with E-state index in [1.54, 1.807) is 20.0 Å². The number of aromatic nitrogens is 3. The molecule has 1 aliphatic heterocycles. The van der Waals surface area contributed by atoms with Gasteiger partial charge in [-0.2, -0.15) is 13.9 Å². The Hall–Kier alpha value is -2.98. The van der Waals surface area contributed by atoms with E-state index in [2.05, 4.69) is 25.4 Å². The first-order valence-corrected chi connectivity index (χ1v) is 11.3. The molecule has 1 atom stereocenters. The van der Waals surface area contributed by atoms with Gasteiger partial charge in [-0.1, -0.05) is 12.1 Å². The first kappa shape index (κ1) is 22.8. The van der Waals surface area contributed by atoms with Gasteiger partial charge in [0.15, 0.2) is 5.82 Å². The Labute approximate surface area is 195 Å². The Bertz CT molecular complexity index is 1230. The van der Waals surface area contributed by atoms with E-state index in [0.29, 0.717) is 35.6 Å². The summed E-state index contributed by atoms with van der Waals surface area (Å²) in [5.74, 6) is -4.32. The lowest BCUT2D eigenvalue weighted by atomic mass is 9.96. The zero-order valence-corrected chi connectivity index (χ0v) is 19.0. The lowest BCUT2D eigenvalue weighted by molar-refractivity contribution is -0.134. The summed E-state index contributed by atoms with van der Waals surface area (Å²) in [4.78, 5) is 6.73. The minimum atomic E-state index is -3.67. The van der Waals surface area contributed by atoms with Crippen molar-refractivity contribution in [3.63, 3.8) is 0 Å². The third-order valence-electron chi connectivity index (χ3n) is 6.64. The fourth-order valence-electron chi connectivity index (χ4n) is 4.34. The van der Waals surface area contributed by atoms with Crippen molar-refractivity contribution in [3.05, 3.63) is 53.1 Å². The molecule has 2 fully saturated rings. The monoisotopic (exact) mass is 473 g/mol. The molecule has 3 aromatic rings. The number of pyridine rings is 1. The fraction of sp³-hybridized carbons (Fsp3) is 0.458. The van der Waals surface area contributed by atoms with Crippen molar-refractivity contribution in [1.82, 2.24) is 15.2 Å². The van der Waals surface area contributed by atoms with Crippen LogP contribution in [0.15, 0.2) is 30.5 Å². The summed E-state index contributed by atoms with van der Waals surface area (Å²) in [6.07, 6.45) is 1.67. The molecule has 2 aliphatic rings. The van der Waals surface area contributed by atoms with Crippen LogP contribution in [-0.2, 0) is 10.7 Å². The Morgan fingerprint density at radius 3 is 2.65 bits per heavy atom. The van der Waals surface area contributed by atoms with E-state index in [0.717, 1.165) is 24.8 Å². The first-order chi connectivity index (χ1) is 16.2. The van der Waals surface area contributed by atoms with Gasteiger partial charge in [-0.15, -0.1) is 5.10 Å². The summed E-state index contributed by atoms with van der Waals surface area (Å²) in [5, 5.41) is 22.3. The molecule has 0 spiro atoms. The summed E-state index contributed by atoms with van der Waals surface area (Å²) in [6, 6.07) is 5.11. The summed E-state index contributed by atoms with van der Waals surface area (Å²) in [5.41, 5.74) is -0.720. The van der Waals surface area contributed by atoms with Crippen LogP contribution in [0.25, 0.3) is 10.9 Å². The fourth-order valence-corrected chi connectivity index (χ4v) is 4.34. The molecule has 1 saturated carbocycles. The van der Waals surface area contributed by atoms with Gasteiger partial charge in [0, 0.05) is 24.0 Å². The summed E-state index contributed by atoms with van der Waals surface area (Å²) >= 11 is 0. The molecule has 10 heteroatoms. The van der Waals surface area contributed by atoms with E-state index in [4.69, 9.17) is 4.74 Å². The van der Waals surface area contributed by atoms with Crippen LogP contribution in [-0.4, -0.2) is 52.2 Å². The Morgan fingerprint density at radius 1 is 1.21 bits per heavy atom. The van der Waals surface area contributed by atoms with E-state index < -0.39 is 28.9 Å². The number of rotatable bonds is 6. The zero-order valence-electron chi connectivity index (χ0n) is 19.0. The van der Waals surface area contributed by atoms with Crippen LogP contribution >= 0.6 is 0 Å². The van der Waals surface area contributed by atoms with Crippen molar-refractivity contribution >= 4 is 22.4 Å². The van der Waals surface area contributed by atoms with Crippen LogP contribution in [0, 0.1) is 12.7 Å². The molecule has 0 amide bonds. The normalized spacial score (nSPS) is 18.7. The second-order valence-corrected chi connectivity index (χ2v) is 9.00. The number of alkyl halides is 2. The number of benzene rings is 1. The molecule has 34 heavy (non-hydrogen) atoms. The van der Waals surface area contributed by atoms with E-state index in [9.17, 15) is 13.9 Å². The Morgan fingerprint density at radius 2 is 1.94 bits per heavy atom. The van der Waals surface area contributed by atoms with Crippen LogP contribution in [0.3, 0.4) is 0 Å². The van der Waals surface area contributed by atoms with E-state index in [1.165, 1.54) is 12.1 Å². The average molecular weight is 473 g/mol. The number of aryl methyl sites for hydroxylation is 1. The highest BCUT2D eigenvalue weighted by Crippen LogP contribution is 2.54. The van der Waals surface area contributed by atoms with Crippen LogP contribution < -0.4 is 10.2 Å². The van der Waals surface area contributed by atoms with Crippen molar-refractivity contribution in [3.8, 4) is 0 Å². The number of nitrogens with one attached hydrogen (secondary N) is 1. The molecule has 180 valence electrons. The summed E-state index contributed by atoms with van der Waals surface area (Å²) < 4.78 is 50.2. The van der Waals surface area contributed by atoms with Gasteiger partial charge in [-0.3, -0.25) is 4.98 Å². The predicted octanol–water partition coefficient (Wildman–Crippen LogP) is 4.10. The second-order valence-electron chi connectivity index (χ2n) is 9.00. The molecule has 3 heterocycles. The minimum Gasteiger partial charge on any atom is -0.383 e. The second kappa shape index (κ2) is 8.35. The van der Waals surface area contributed by atoms with Crippen molar-refractivity contribution in [2.45, 2.75) is 44.3 Å². The van der Waals surface area contributed by atoms with Crippen LogP contribution in [0.1, 0.15) is 42.6 Å². The molecule has 0 radical (unpaired) electrons. The van der Waals surface area contributed by atoms with Gasteiger partial charge < -0.3 is 20.1 Å². The number of hydrogen-bond acceptors (Lipinski definition) is 7. The molecule has 2 N–H and O–H groups in total. The van der Waals surface area contributed by atoms with Crippen LogP contribution in [0.2, 0.25) is 0 Å². The van der Waals surface area contributed by atoms with Gasteiger partial charge in [0.1, 0.15) is 11.4 Å². The maximum Gasteiger partial charge on any atom is 0.304 e. The lowest BCUT2D eigenvalue weighted by Crippen LogP contribution is -2.36. The van der Waals surface area contributed by atoms with Crippen LogP contribution in [0.4, 0.5) is 24.7 Å². The molecule has 1 saturated heterocycles. The lowest BCUT2D eigenvalue weighted by Gasteiger charge is -2.29. The number of ether oxygens (including phenoxy) is 1. The standard InChI is InChI=1S/C24H26F3N5O2/c1-14(17-4-3-5-19(20(17)25)24(26,27)23(33)6-7-23)29-22-18-12-16(32-8-10-34-11-9-32)13-28-21(18)15(2)30-31-22/h3-5,12-14,33H,6-11H2,1-2H3,(H,29,31)/t14-/m1/s1. The van der Waals surface area contributed by atoms with Crippen molar-refractivity contribution < 1.29 is 23.0 Å². The number of anilines is 2. The molecular weight excluding hydrogens is 447 g/mol. The molecule has 0 unspecified atom stereocenters.